The van der Waals surface area contributed by atoms with E-state index in [2.05, 4.69) is 0 Å². The van der Waals surface area contributed by atoms with Crippen LogP contribution in [-0.2, 0) is 0 Å². The summed E-state index contributed by atoms with van der Waals surface area (Å²) >= 11 is 0. The van der Waals surface area contributed by atoms with Crippen molar-refractivity contribution in [2.75, 3.05) is 0 Å². The fraction of sp³-hybridized carbons (Fsp3) is 1.00. The average molecular weight is 216 g/mol. The van der Waals surface area contributed by atoms with Gasteiger partial charge in [0, 0.05) is 12.1 Å². The van der Waals surface area contributed by atoms with Gasteiger partial charge in [-0.1, -0.05) is 19.3 Å². The van der Waals surface area contributed by atoms with Crippen LogP contribution in [0.5, 0.6) is 0 Å². The Morgan fingerprint density at radius 2 is 1.87 bits per heavy atom. The second kappa shape index (κ2) is 5.26. The molecule has 1 aliphatic carbocycles. The van der Waals surface area contributed by atoms with Crippen molar-refractivity contribution < 1.29 is 4.39 Å². The molecule has 0 radical (unpaired) electrons. The van der Waals surface area contributed by atoms with E-state index in [1.54, 1.807) is 13.8 Å². The number of hydrogen-bond acceptors (Lipinski definition) is 2. The monoisotopic (exact) mass is 216 g/mol. The van der Waals surface area contributed by atoms with Crippen molar-refractivity contribution in [3.8, 4) is 0 Å². The lowest BCUT2D eigenvalue weighted by Crippen LogP contribution is -2.49. The third kappa shape index (κ3) is 4.47. The second-order valence-electron chi connectivity index (χ2n) is 5.51. The summed E-state index contributed by atoms with van der Waals surface area (Å²) in [6.07, 6.45) is 6.72. The zero-order chi connectivity index (χ0) is 11.5. The van der Waals surface area contributed by atoms with Gasteiger partial charge in [-0.15, -0.1) is 0 Å². The molecule has 0 aromatic heterocycles. The normalized spacial score (nSPS) is 22.0. The van der Waals surface area contributed by atoms with Crippen LogP contribution in [0.1, 0.15) is 59.3 Å². The van der Waals surface area contributed by atoms with Crippen LogP contribution in [-0.4, -0.2) is 22.8 Å². The summed E-state index contributed by atoms with van der Waals surface area (Å²) in [4.78, 5) is 0. The Hall–Kier alpha value is -0.150. The lowest BCUT2D eigenvalue weighted by Gasteiger charge is -2.36. The van der Waals surface area contributed by atoms with Gasteiger partial charge in [0.2, 0.25) is 0 Å². The predicted molar refractivity (Wildman–Crippen MR) is 62.2 cm³/mol. The van der Waals surface area contributed by atoms with Crippen LogP contribution in [0.15, 0.2) is 0 Å². The SMILES string of the molecule is CC(CC(C)(C)F)N(N)C1CCCCC1. The Morgan fingerprint density at radius 1 is 1.33 bits per heavy atom. The fourth-order valence-electron chi connectivity index (χ4n) is 2.55. The first-order valence-electron chi connectivity index (χ1n) is 6.12. The Labute approximate surface area is 93.0 Å². The number of halogens is 1. The molecule has 2 N–H and O–H groups in total. The summed E-state index contributed by atoms with van der Waals surface area (Å²) in [6, 6.07) is 0.601. The Bertz CT molecular complexity index is 183. The summed E-state index contributed by atoms with van der Waals surface area (Å²) in [5, 5.41) is 1.89. The highest BCUT2D eigenvalue weighted by molar-refractivity contribution is 4.80. The lowest BCUT2D eigenvalue weighted by molar-refractivity contribution is 0.0695. The molecule has 0 amide bonds. The van der Waals surface area contributed by atoms with Crippen LogP contribution >= 0.6 is 0 Å². The van der Waals surface area contributed by atoms with Crippen molar-refractivity contribution in [2.24, 2.45) is 5.84 Å². The van der Waals surface area contributed by atoms with Gasteiger partial charge >= 0.3 is 0 Å². The first-order chi connectivity index (χ1) is 6.90. The van der Waals surface area contributed by atoms with E-state index in [4.69, 9.17) is 5.84 Å². The zero-order valence-electron chi connectivity index (χ0n) is 10.3. The van der Waals surface area contributed by atoms with Crippen molar-refractivity contribution in [3.05, 3.63) is 0 Å². The quantitative estimate of drug-likeness (QED) is 0.578. The number of nitrogens with zero attached hydrogens (tertiary/aromatic N) is 1. The van der Waals surface area contributed by atoms with E-state index in [-0.39, 0.29) is 6.04 Å². The minimum Gasteiger partial charge on any atom is -0.268 e. The van der Waals surface area contributed by atoms with Gasteiger partial charge in [0.25, 0.3) is 0 Å². The number of hydrogen-bond donors (Lipinski definition) is 1. The van der Waals surface area contributed by atoms with Crippen molar-refractivity contribution in [2.45, 2.75) is 77.0 Å². The van der Waals surface area contributed by atoms with E-state index >= 15 is 0 Å². The molecular formula is C12H25FN2. The molecule has 1 fully saturated rings. The van der Waals surface area contributed by atoms with Crippen molar-refractivity contribution >= 4 is 0 Å². The summed E-state index contributed by atoms with van der Waals surface area (Å²) in [7, 11) is 0. The predicted octanol–water partition coefficient (Wildman–Crippen LogP) is 3.02. The van der Waals surface area contributed by atoms with E-state index < -0.39 is 5.67 Å². The van der Waals surface area contributed by atoms with Gasteiger partial charge < -0.3 is 0 Å². The van der Waals surface area contributed by atoms with Crippen molar-refractivity contribution in [1.29, 1.82) is 0 Å². The van der Waals surface area contributed by atoms with Gasteiger partial charge in [0.15, 0.2) is 0 Å². The molecule has 15 heavy (non-hydrogen) atoms. The molecule has 1 atom stereocenters. The summed E-state index contributed by atoms with van der Waals surface area (Å²) < 4.78 is 13.5. The van der Waals surface area contributed by atoms with Crippen LogP contribution < -0.4 is 5.84 Å². The molecule has 1 rings (SSSR count). The van der Waals surface area contributed by atoms with Crippen LogP contribution in [0.25, 0.3) is 0 Å². The standard InChI is InChI=1S/C12H25FN2/c1-10(9-12(2,3)13)15(14)11-7-5-4-6-8-11/h10-11H,4-9,14H2,1-3H3. The largest absolute Gasteiger partial charge is 0.268 e. The Balaban J connectivity index is 2.40. The summed E-state index contributed by atoms with van der Waals surface area (Å²) in [6.45, 7) is 5.27. The third-order valence-electron chi connectivity index (χ3n) is 3.29. The summed E-state index contributed by atoms with van der Waals surface area (Å²) in [5.74, 6) is 6.07. The minimum absolute atomic E-state index is 0.132. The maximum atomic E-state index is 13.5. The average Bonchev–Trinajstić information content (AvgIpc) is 2.15. The third-order valence-corrected chi connectivity index (χ3v) is 3.29. The molecule has 0 aromatic rings. The molecule has 1 aliphatic rings. The molecule has 90 valence electrons. The van der Waals surface area contributed by atoms with Crippen LogP contribution in [0.4, 0.5) is 4.39 Å². The molecule has 3 heteroatoms. The Kier molecular flexibility index (Phi) is 4.53. The maximum absolute atomic E-state index is 13.5. The van der Waals surface area contributed by atoms with Gasteiger partial charge in [-0.2, -0.15) is 0 Å². The first-order valence-corrected chi connectivity index (χ1v) is 6.12. The van der Waals surface area contributed by atoms with Crippen molar-refractivity contribution in [1.82, 2.24) is 5.01 Å². The van der Waals surface area contributed by atoms with Crippen LogP contribution in [0.2, 0.25) is 0 Å². The maximum Gasteiger partial charge on any atom is 0.107 e. The number of nitrogens with two attached hydrogens (primary N) is 1. The highest BCUT2D eigenvalue weighted by Crippen LogP contribution is 2.25. The smallest absolute Gasteiger partial charge is 0.107 e. The number of rotatable bonds is 4. The van der Waals surface area contributed by atoms with E-state index in [9.17, 15) is 4.39 Å². The molecule has 2 nitrogen and oxygen atoms in total. The molecule has 1 saturated carbocycles. The van der Waals surface area contributed by atoms with E-state index in [0.717, 1.165) is 0 Å². The van der Waals surface area contributed by atoms with Gasteiger partial charge in [0.1, 0.15) is 5.67 Å². The fourth-order valence-corrected chi connectivity index (χ4v) is 2.55. The lowest BCUT2D eigenvalue weighted by atomic mass is 9.93. The van der Waals surface area contributed by atoms with E-state index in [1.807, 2.05) is 11.9 Å². The zero-order valence-corrected chi connectivity index (χ0v) is 10.3. The molecule has 0 spiro atoms. The molecule has 0 heterocycles. The van der Waals surface area contributed by atoms with Gasteiger partial charge in [-0.05, 0) is 40.0 Å². The summed E-state index contributed by atoms with van der Waals surface area (Å²) in [5.41, 5.74) is -1.12. The molecule has 0 aromatic carbocycles. The van der Waals surface area contributed by atoms with Crippen LogP contribution in [0, 0.1) is 0 Å². The van der Waals surface area contributed by atoms with Gasteiger partial charge in [-0.3, -0.25) is 5.84 Å². The number of hydrazine groups is 1. The molecule has 0 saturated heterocycles. The van der Waals surface area contributed by atoms with Gasteiger partial charge in [-0.25, -0.2) is 9.40 Å². The minimum atomic E-state index is -1.12. The Morgan fingerprint density at radius 3 is 2.33 bits per heavy atom. The second-order valence-corrected chi connectivity index (χ2v) is 5.51. The van der Waals surface area contributed by atoms with E-state index in [1.165, 1.54) is 32.1 Å². The molecule has 0 bridgehead atoms. The first kappa shape index (κ1) is 12.9. The van der Waals surface area contributed by atoms with E-state index in [0.29, 0.717) is 12.5 Å². The molecule has 1 unspecified atom stereocenters. The van der Waals surface area contributed by atoms with Gasteiger partial charge in [0.05, 0.1) is 0 Å². The highest BCUT2D eigenvalue weighted by Gasteiger charge is 2.27. The highest BCUT2D eigenvalue weighted by atomic mass is 19.1. The van der Waals surface area contributed by atoms with Crippen LogP contribution in [0.3, 0.4) is 0 Å². The molecular weight excluding hydrogens is 191 g/mol. The van der Waals surface area contributed by atoms with Crippen molar-refractivity contribution in [3.63, 3.8) is 0 Å². The number of alkyl halides is 1. The molecule has 0 aliphatic heterocycles. The topological polar surface area (TPSA) is 29.3 Å².